The minimum Gasteiger partial charge on any atom is -0.468 e. The molecular formula is C25H38IN5O2. The summed E-state index contributed by atoms with van der Waals surface area (Å²) in [6.45, 7) is 9.41. The van der Waals surface area contributed by atoms with E-state index in [1.165, 1.54) is 24.0 Å². The third-order valence-electron chi connectivity index (χ3n) is 6.52. The Bertz CT molecular complexity index is 848. The minimum atomic E-state index is 0. The van der Waals surface area contributed by atoms with E-state index >= 15 is 0 Å². The first-order valence-electron chi connectivity index (χ1n) is 11.8. The molecule has 1 aromatic heterocycles. The number of furan rings is 1. The lowest BCUT2D eigenvalue weighted by Crippen LogP contribution is -2.47. The fourth-order valence-corrected chi connectivity index (χ4v) is 4.78. The van der Waals surface area contributed by atoms with E-state index in [-0.39, 0.29) is 36.1 Å². The van der Waals surface area contributed by atoms with E-state index in [4.69, 9.17) is 9.15 Å². The summed E-state index contributed by atoms with van der Waals surface area (Å²) in [6, 6.07) is 13.4. The standard InChI is InChI=1S/C25H37N5O2.HI/c1-20-7-5-8-21(17-20)22(30-12-15-31-16-13-30)18-27-25(26-2)28-19-23(24-9-6-14-32-24)29-10-3-4-11-29;/h5-9,14,17,22-23H,3-4,10-13,15-16,18-19H2,1-2H3,(H2,26,27,28);1H. The van der Waals surface area contributed by atoms with Gasteiger partial charge < -0.3 is 19.8 Å². The molecule has 1 aromatic carbocycles. The van der Waals surface area contributed by atoms with E-state index in [0.29, 0.717) is 0 Å². The molecule has 2 saturated heterocycles. The number of ether oxygens (including phenoxy) is 1. The van der Waals surface area contributed by atoms with Crippen LogP contribution >= 0.6 is 24.0 Å². The van der Waals surface area contributed by atoms with Gasteiger partial charge in [0.15, 0.2) is 5.96 Å². The molecule has 2 fully saturated rings. The fourth-order valence-electron chi connectivity index (χ4n) is 4.78. The summed E-state index contributed by atoms with van der Waals surface area (Å²) in [4.78, 5) is 9.51. The van der Waals surface area contributed by atoms with E-state index < -0.39 is 0 Å². The predicted molar refractivity (Wildman–Crippen MR) is 143 cm³/mol. The summed E-state index contributed by atoms with van der Waals surface area (Å²) in [5, 5.41) is 7.13. The van der Waals surface area contributed by atoms with Crippen molar-refractivity contribution < 1.29 is 9.15 Å². The molecule has 0 amide bonds. The van der Waals surface area contributed by atoms with Crippen molar-refractivity contribution in [2.45, 2.75) is 31.8 Å². The molecule has 8 heteroatoms. The minimum absolute atomic E-state index is 0. The van der Waals surface area contributed by atoms with Crippen LogP contribution in [-0.4, -0.2) is 75.3 Å². The number of halogens is 1. The van der Waals surface area contributed by atoms with Gasteiger partial charge >= 0.3 is 0 Å². The molecule has 2 aromatic rings. The van der Waals surface area contributed by atoms with E-state index in [0.717, 1.165) is 64.2 Å². The van der Waals surface area contributed by atoms with Crippen LogP contribution in [0, 0.1) is 6.92 Å². The Balaban J connectivity index is 0.00000306. The maximum atomic E-state index is 5.76. The van der Waals surface area contributed by atoms with Crippen molar-refractivity contribution >= 4 is 29.9 Å². The van der Waals surface area contributed by atoms with Gasteiger partial charge in [-0.1, -0.05) is 29.8 Å². The van der Waals surface area contributed by atoms with Crippen molar-refractivity contribution in [3.63, 3.8) is 0 Å². The smallest absolute Gasteiger partial charge is 0.191 e. The lowest BCUT2D eigenvalue weighted by Gasteiger charge is -2.35. The van der Waals surface area contributed by atoms with Crippen molar-refractivity contribution in [2.24, 2.45) is 4.99 Å². The van der Waals surface area contributed by atoms with Gasteiger partial charge in [0.2, 0.25) is 0 Å². The van der Waals surface area contributed by atoms with Gasteiger partial charge in [-0.3, -0.25) is 14.8 Å². The average Bonchev–Trinajstić information content (AvgIpc) is 3.54. The fraction of sp³-hybridized carbons (Fsp3) is 0.560. The number of morpholine rings is 1. The summed E-state index contributed by atoms with van der Waals surface area (Å²) >= 11 is 0. The molecule has 2 aliphatic heterocycles. The highest BCUT2D eigenvalue weighted by molar-refractivity contribution is 14.0. The van der Waals surface area contributed by atoms with Gasteiger partial charge in [-0.15, -0.1) is 24.0 Å². The first-order valence-corrected chi connectivity index (χ1v) is 11.8. The molecule has 2 unspecified atom stereocenters. The Labute approximate surface area is 215 Å². The Morgan fingerprint density at radius 1 is 0.970 bits per heavy atom. The summed E-state index contributed by atoms with van der Waals surface area (Å²) in [6.07, 6.45) is 4.27. The first kappa shape index (κ1) is 26.0. The molecule has 0 spiro atoms. The van der Waals surface area contributed by atoms with Crippen molar-refractivity contribution in [1.82, 2.24) is 20.4 Å². The zero-order valence-electron chi connectivity index (χ0n) is 19.8. The monoisotopic (exact) mass is 567 g/mol. The topological polar surface area (TPSA) is 65.3 Å². The van der Waals surface area contributed by atoms with E-state index in [9.17, 15) is 0 Å². The second kappa shape index (κ2) is 13.3. The van der Waals surface area contributed by atoms with Crippen LogP contribution in [0.1, 0.15) is 41.8 Å². The Hall–Kier alpha value is -1.62. The molecule has 2 N–H and O–H groups in total. The van der Waals surface area contributed by atoms with Crippen LogP contribution in [0.15, 0.2) is 52.1 Å². The molecule has 2 atom stereocenters. The Morgan fingerprint density at radius 2 is 1.67 bits per heavy atom. The SMILES string of the molecule is CN=C(NCC(c1cccc(C)c1)N1CCOCC1)NCC(c1ccco1)N1CCCC1.I. The van der Waals surface area contributed by atoms with Gasteiger partial charge in [-0.2, -0.15) is 0 Å². The molecule has 0 bridgehead atoms. The van der Waals surface area contributed by atoms with Crippen molar-refractivity contribution in [1.29, 1.82) is 0 Å². The third-order valence-corrected chi connectivity index (χ3v) is 6.52. The van der Waals surface area contributed by atoms with E-state index in [1.54, 1.807) is 6.26 Å². The zero-order chi connectivity index (χ0) is 22.2. The number of hydrogen-bond acceptors (Lipinski definition) is 5. The number of nitrogens with one attached hydrogen (secondary N) is 2. The lowest BCUT2D eigenvalue weighted by molar-refractivity contribution is 0.0170. The third kappa shape index (κ3) is 7.18. The highest BCUT2D eigenvalue weighted by Gasteiger charge is 2.26. The first-order chi connectivity index (χ1) is 15.7. The Kier molecular flexibility index (Phi) is 10.5. The van der Waals surface area contributed by atoms with E-state index in [1.807, 2.05) is 13.1 Å². The van der Waals surface area contributed by atoms with Crippen LogP contribution in [0.5, 0.6) is 0 Å². The molecule has 33 heavy (non-hydrogen) atoms. The van der Waals surface area contributed by atoms with Crippen LogP contribution in [0.2, 0.25) is 0 Å². The molecule has 0 radical (unpaired) electrons. The Morgan fingerprint density at radius 3 is 2.30 bits per heavy atom. The van der Waals surface area contributed by atoms with Crippen molar-refractivity contribution in [2.75, 3.05) is 59.5 Å². The normalized spacial score (nSPS) is 19.6. The van der Waals surface area contributed by atoms with Gasteiger partial charge in [-0.25, -0.2) is 0 Å². The largest absolute Gasteiger partial charge is 0.468 e. The number of rotatable bonds is 8. The van der Waals surface area contributed by atoms with Crippen molar-refractivity contribution in [3.05, 3.63) is 59.5 Å². The van der Waals surface area contributed by atoms with Gasteiger partial charge in [0, 0.05) is 33.2 Å². The summed E-state index contributed by atoms with van der Waals surface area (Å²) < 4.78 is 11.4. The number of guanidine groups is 1. The number of aryl methyl sites for hydroxylation is 1. The van der Waals surface area contributed by atoms with Crippen LogP contribution in [-0.2, 0) is 4.74 Å². The quantitative estimate of drug-likeness (QED) is 0.289. The molecule has 4 rings (SSSR count). The molecule has 0 saturated carbocycles. The lowest BCUT2D eigenvalue weighted by atomic mass is 10.0. The van der Waals surface area contributed by atoms with Crippen LogP contribution < -0.4 is 10.6 Å². The van der Waals surface area contributed by atoms with E-state index in [2.05, 4.69) is 62.7 Å². The summed E-state index contributed by atoms with van der Waals surface area (Å²) in [7, 11) is 1.84. The zero-order valence-corrected chi connectivity index (χ0v) is 22.2. The van der Waals surface area contributed by atoms with Gasteiger partial charge in [0.25, 0.3) is 0 Å². The summed E-state index contributed by atoms with van der Waals surface area (Å²) in [5.74, 6) is 1.84. The highest BCUT2D eigenvalue weighted by Crippen LogP contribution is 2.25. The van der Waals surface area contributed by atoms with Crippen molar-refractivity contribution in [3.8, 4) is 0 Å². The molecular weight excluding hydrogens is 529 g/mol. The second-order valence-electron chi connectivity index (χ2n) is 8.69. The molecule has 182 valence electrons. The van der Waals surface area contributed by atoms with Gasteiger partial charge in [-0.05, 0) is 50.6 Å². The van der Waals surface area contributed by atoms with Crippen LogP contribution in [0.25, 0.3) is 0 Å². The maximum absolute atomic E-state index is 5.76. The number of likely N-dealkylation sites (tertiary alicyclic amines) is 1. The number of nitrogens with zero attached hydrogens (tertiary/aromatic N) is 3. The van der Waals surface area contributed by atoms with Gasteiger partial charge in [0.05, 0.1) is 31.6 Å². The average molecular weight is 568 g/mol. The van der Waals surface area contributed by atoms with Crippen LogP contribution in [0.4, 0.5) is 0 Å². The predicted octanol–water partition coefficient (Wildman–Crippen LogP) is 3.58. The molecule has 2 aliphatic rings. The van der Waals surface area contributed by atoms with Gasteiger partial charge in [0.1, 0.15) is 5.76 Å². The second-order valence-corrected chi connectivity index (χ2v) is 8.69. The maximum Gasteiger partial charge on any atom is 0.191 e. The molecule has 7 nitrogen and oxygen atoms in total. The molecule has 0 aliphatic carbocycles. The van der Waals surface area contributed by atoms with Crippen LogP contribution in [0.3, 0.4) is 0 Å². The number of aliphatic imine (C=N–C) groups is 1. The summed E-state index contributed by atoms with van der Waals surface area (Å²) in [5.41, 5.74) is 2.62. The highest BCUT2D eigenvalue weighted by atomic mass is 127. The molecule has 3 heterocycles. The number of benzene rings is 1. The number of hydrogen-bond donors (Lipinski definition) is 2.